The van der Waals surface area contributed by atoms with Crippen LogP contribution in [0.2, 0.25) is 0 Å². The molecule has 3 aromatic rings. The van der Waals surface area contributed by atoms with Crippen LogP contribution in [0.5, 0.6) is 11.5 Å². The van der Waals surface area contributed by atoms with Crippen LogP contribution in [-0.2, 0) is 11.4 Å². The van der Waals surface area contributed by atoms with Crippen LogP contribution in [0.4, 0.5) is 4.39 Å². The van der Waals surface area contributed by atoms with E-state index >= 15 is 0 Å². The summed E-state index contributed by atoms with van der Waals surface area (Å²) in [6.45, 7) is 9.06. The fourth-order valence-corrected chi connectivity index (χ4v) is 4.86. The van der Waals surface area contributed by atoms with Crippen molar-refractivity contribution < 1.29 is 23.8 Å². The maximum absolute atomic E-state index is 14.9. The first kappa shape index (κ1) is 26.7. The molecule has 0 bridgehead atoms. The van der Waals surface area contributed by atoms with E-state index in [1.807, 2.05) is 36.4 Å². The molecule has 1 aliphatic carbocycles. The lowest BCUT2D eigenvalue weighted by atomic mass is 9.75. The zero-order chi connectivity index (χ0) is 26.7. The molecule has 1 N–H and O–H groups in total. The predicted molar refractivity (Wildman–Crippen MR) is 145 cm³/mol. The van der Waals surface area contributed by atoms with Gasteiger partial charge in [0.05, 0.1) is 13.5 Å². The number of hydrogen-bond acceptors (Lipinski definition) is 3. The summed E-state index contributed by atoms with van der Waals surface area (Å²) in [6.07, 6.45) is 2.34. The predicted octanol–water partition coefficient (Wildman–Crippen LogP) is 8.20. The Morgan fingerprint density at radius 1 is 1.03 bits per heavy atom. The number of hydrogen-bond donors (Lipinski definition) is 1. The second-order valence-electron chi connectivity index (χ2n) is 11.3. The fourth-order valence-electron chi connectivity index (χ4n) is 4.86. The highest BCUT2D eigenvalue weighted by molar-refractivity contribution is 5.71. The Balaban J connectivity index is 1.61. The van der Waals surface area contributed by atoms with E-state index < -0.39 is 5.97 Å². The molecule has 1 fully saturated rings. The highest BCUT2D eigenvalue weighted by Crippen LogP contribution is 2.45. The van der Waals surface area contributed by atoms with Gasteiger partial charge in [-0.15, -0.1) is 0 Å². The van der Waals surface area contributed by atoms with Crippen LogP contribution >= 0.6 is 0 Å². The van der Waals surface area contributed by atoms with Gasteiger partial charge in [0.1, 0.15) is 23.9 Å². The Kier molecular flexibility index (Phi) is 7.91. The molecule has 0 spiro atoms. The summed E-state index contributed by atoms with van der Waals surface area (Å²) in [6, 6.07) is 18.7. The molecule has 196 valence electrons. The molecule has 0 heterocycles. The van der Waals surface area contributed by atoms with Crippen LogP contribution in [-0.4, -0.2) is 18.2 Å². The quantitative estimate of drug-likeness (QED) is 0.302. The molecule has 0 amide bonds. The van der Waals surface area contributed by atoms with Gasteiger partial charge in [0.2, 0.25) is 0 Å². The first-order valence-electron chi connectivity index (χ1n) is 13.0. The van der Waals surface area contributed by atoms with Gasteiger partial charge in [-0.05, 0) is 88.6 Å². The van der Waals surface area contributed by atoms with Crippen molar-refractivity contribution in [3.8, 4) is 22.6 Å². The molecular formula is C32H37FO4. The zero-order valence-electron chi connectivity index (χ0n) is 22.4. The summed E-state index contributed by atoms with van der Waals surface area (Å²) >= 11 is 0. The van der Waals surface area contributed by atoms with Gasteiger partial charge in [0.25, 0.3) is 0 Å². The number of carboxylic acids is 1. The Morgan fingerprint density at radius 2 is 1.76 bits per heavy atom. The summed E-state index contributed by atoms with van der Waals surface area (Å²) in [5.74, 6) is 0.917. The molecular weight excluding hydrogens is 467 g/mol. The van der Waals surface area contributed by atoms with Crippen molar-refractivity contribution in [2.24, 2.45) is 11.3 Å². The maximum Gasteiger partial charge on any atom is 0.303 e. The molecule has 3 aromatic carbocycles. The first-order chi connectivity index (χ1) is 17.6. The smallest absolute Gasteiger partial charge is 0.303 e. The van der Waals surface area contributed by atoms with Gasteiger partial charge in [-0.3, -0.25) is 4.79 Å². The van der Waals surface area contributed by atoms with E-state index in [0.29, 0.717) is 29.6 Å². The SMILES string of the molecule is COc1ccc(F)c(-c2ccc(OCc3cccc(C(CC(=O)O)C4CC4)c3)cc2C(C)C(C)(C)C)c1. The summed E-state index contributed by atoms with van der Waals surface area (Å²) < 4.78 is 26.5. The monoisotopic (exact) mass is 504 g/mol. The summed E-state index contributed by atoms with van der Waals surface area (Å²) in [7, 11) is 1.58. The van der Waals surface area contributed by atoms with Gasteiger partial charge in [0.15, 0.2) is 0 Å². The Hall–Kier alpha value is -3.34. The fraction of sp³-hybridized carbons (Fsp3) is 0.406. The molecule has 4 rings (SSSR count). The van der Waals surface area contributed by atoms with Crippen LogP contribution in [0, 0.1) is 17.2 Å². The Morgan fingerprint density at radius 3 is 2.41 bits per heavy atom. The van der Waals surface area contributed by atoms with Crippen molar-refractivity contribution >= 4 is 5.97 Å². The normalized spacial score (nSPS) is 15.2. The molecule has 1 aliphatic rings. The number of methoxy groups -OCH3 is 1. The minimum atomic E-state index is -0.758. The van der Waals surface area contributed by atoms with Crippen molar-refractivity contribution in [2.75, 3.05) is 7.11 Å². The van der Waals surface area contributed by atoms with Gasteiger partial charge >= 0.3 is 5.97 Å². The Bertz CT molecular complexity index is 1260. The van der Waals surface area contributed by atoms with E-state index in [4.69, 9.17) is 9.47 Å². The van der Waals surface area contributed by atoms with E-state index in [0.717, 1.165) is 35.1 Å². The molecule has 0 saturated heterocycles. The lowest BCUT2D eigenvalue weighted by molar-refractivity contribution is -0.137. The third kappa shape index (κ3) is 6.51. The first-order valence-corrected chi connectivity index (χ1v) is 13.0. The number of ether oxygens (including phenoxy) is 2. The lowest BCUT2D eigenvalue weighted by Crippen LogP contribution is -2.16. The van der Waals surface area contributed by atoms with Crippen molar-refractivity contribution in [1.82, 2.24) is 0 Å². The van der Waals surface area contributed by atoms with Crippen molar-refractivity contribution in [3.63, 3.8) is 0 Å². The second kappa shape index (κ2) is 11.0. The molecule has 0 aromatic heterocycles. The van der Waals surface area contributed by atoms with Crippen LogP contribution < -0.4 is 9.47 Å². The van der Waals surface area contributed by atoms with Gasteiger partial charge < -0.3 is 14.6 Å². The molecule has 2 atom stereocenters. The summed E-state index contributed by atoms with van der Waals surface area (Å²) in [4.78, 5) is 11.4. The number of halogens is 1. The second-order valence-corrected chi connectivity index (χ2v) is 11.3. The maximum atomic E-state index is 14.9. The zero-order valence-corrected chi connectivity index (χ0v) is 22.4. The van der Waals surface area contributed by atoms with Crippen molar-refractivity contribution in [2.45, 2.75) is 65.4 Å². The minimum absolute atomic E-state index is 0.0426. The van der Waals surface area contributed by atoms with Crippen LogP contribution in [0.25, 0.3) is 11.1 Å². The number of benzene rings is 3. The van der Waals surface area contributed by atoms with Gasteiger partial charge in [0, 0.05) is 5.56 Å². The molecule has 1 saturated carbocycles. The average molecular weight is 505 g/mol. The highest BCUT2D eigenvalue weighted by atomic mass is 19.1. The summed E-state index contributed by atoms with van der Waals surface area (Å²) in [5.41, 5.74) is 4.38. The van der Waals surface area contributed by atoms with Gasteiger partial charge in [-0.2, -0.15) is 0 Å². The van der Waals surface area contributed by atoms with Crippen molar-refractivity contribution in [1.29, 1.82) is 0 Å². The van der Waals surface area contributed by atoms with Crippen LogP contribution in [0.3, 0.4) is 0 Å². The minimum Gasteiger partial charge on any atom is -0.497 e. The topological polar surface area (TPSA) is 55.8 Å². The van der Waals surface area contributed by atoms with Gasteiger partial charge in [-0.1, -0.05) is 58.0 Å². The number of carbonyl (C=O) groups is 1. The molecule has 4 nitrogen and oxygen atoms in total. The van der Waals surface area contributed by atoms with E-state index in [9.17, 15) is 14.3 Å². The van der Waals surface area contributed by atoms with E-state index in [1.165, 1.54) is 6.07 Å². The average Bonchev–Trinajstić information content (AvgIpc) is 3.71. The third-order valence-electron chi connectivity index (χ3n) is 7.62. The largest absolute Gasteiger partial charge is 0.497 e. The Labute approximate surface area is 219 Å². The standard InChI is InChI=1S/C32H37FO4/c1-20(32(2,3)4)27-17-25(11-13-26(27)29-16-24(36-5)12-14-30(29)33)37-19-21-7-6-8-23(15-21)28(18-31(34)35)22-9-10-22/h6-8,11-17,20,22,28H,9-10,18-19H2,1-5H3,(H,34,35). The lowest BCUT2D eigenvalue weighted by Gasteiger charge is -2.30. The molecule has 0 radical (unpaired) electrons. The third-order valence-corrected chi connectivity index (χ3v) is 7.62. The molecule has 2 unspecified atom stereocenters. The van der Waals surface area contributed by atoms with Crippen LogP contribution in [0.1, 0.15) is 75.5 Å². The summed E-state index contributed by atoms with van der Waals surface area (Å²) in [5, 5.41) is 9.37. The number of aliphatic carboxylic acids is 1. The van der Waals surface area contributed by atoms with Crippen molar-refractivity contribution in [3.05, 3.63) is 83.2 Å². The van der Waals surface area contributed by atoms with E-state index in [2.05, 4.69) is 33.8 Å². The van der Waals surface area contributed by atoms with Crippen LogP contribution in [0.15, 0.2) is 60.7 Å². The number of carboxylic acid groups (broad SMARTS) is 1. The van der Waals surface area contributed by atoms with E-state index in [-0.39, 0.29) is 29.5 Å². The molecule has 5 heteroatoms. The molecule has 37 heavy (non-hydrogen) atoms. The molecule has 0 aliphatic heterocycles. The van der Waals surface area contributed by atoms with E-state index in [1.54, 1.807) is 19.2 Å². The van der Waals surface area contributed by atoms with Gasteiger partial charge in [-0.25, -0.2) is 4.39 Å². The number of rotatable bonds is 10. The highest BCUT2D eigenvalue weighted by Gasteiger charge is 2.33.